The molecule has 204 valence electrons. The largest absolute Gasteiger partial charge is 0.458 e. The Morgan fingerprint density at radius 2 is 1.26 bits per heavy atom. The van der Waals surface area contributed by atoms with Gasteiger partial charge in [0.1, 0.15) is 5.56 Å². The van der Waals surface area contributed by atoms with Gasteiger partial charge < -0.3 is 4.90 Å². The first-order valence-electron chi connectivity index (χ1n) is 10.3. The molecule has 0 fully saturated rings. The minimum atomic E-state index is -6.76. The lowest BCUT2D eigenvalue weighted by atomic mass is 9.99. The molecule has 0 atom stereocenters. The Morgan fingerprint density at radius 3 is 1.71 bits per heavy atom. The molecular weight excluding hydrogens is 520 g/mol. The van der Waals surface area contributed by atoms with Gasteiger partial charge in [0.25, 0.3) is 0 Å². The molecule has 0 saturated heterocycles. The summed E-state index contributed by atoms with van der Waals surface area (Å²) in [4.78, 5) is -1.26. The highest BCUT2D eigenvalue weighted by Gasteiger charge is 2.73. The molecule has 1 aromatic rings. The molecule has 1 aromatic carbocycles. The van der Waals surface area contributed by atoms with Crippen LogP contribution in [0.2, 0.25) is 0 Å². The third kappa shape index (κ3) is 5.73. The Hall–Kier alpha value is -1.96. The summed E-state index contributed by atoms with van der Waals surface area (Å²) >= 11 is 0. The van der Waals surface area contributed by atoms with E-state index in [1.165, 1.54) is 0 Å². The zero-order chi connectivity index (χ0) is 27.6. The normalized spacial score (nSPS) is 13.9. The van der Waals surface area contributed by atoms with Crippen molar-refractivity contribution in [3.05, 3.63) is 29.1 Å². The molecule has 0 N–H and O–H groups in total. The van der Waals surface area contributed by atoms with E-state index < -0.39 is 95.5 Å². The summed E-state index contributed by atoms with van der Waals surface area (Å²) < 4.78 is 194. The van der Waals surface area contributed by atoms with Gasteiger partial charge in [-0.3, -0.25) is 0 Å². The molecule has 0 saturated carbocycles. The smallest absolute Gasteiger partial charge is 0.305 e. The van der Waals surface area contributed by atoms with Gasteiger partial charge >= 0.3 is 30.0 Å². The maximum Gasteiger partial charge on any atom is 0.458 e. The second-order valence-electron chi connectivity index (χ2n) is 7.74. The van der Waals surface area contributed by atoms with E-state index in [2.05, 4.69) is 0 Å². The van der Waals surface area contributed by atoms with E-state index in [0.717, 1.165) is 6.92 Å². The van der Waals surface area contributed by atoms with E-state index in [-0.39, 0.29) is 6.42 Å². The Bertz CT molecular complexity index is 862. The third-order valence-corrected chi connectivity index (χ3v) is 5.07. The molecule has 1 nitrogen and oxygen atoms in total. The van der Waals surface area contributed by atoms with Crippen LogP contribution in [0.5, 0.6) is 0 Å². The van der Waals surface area contributed by atoms with E-state index in [1.807, 2.05) is 0 Å². The summed E-state index contributed by atoms with van der Waals surface area (Å²) in [5, 5.41) is 0. The van der Waals surface area contributed by atoms with Crippen LogP contribution in [0.3, 0.4) is 0 Å². The average molecular weight is 541 g/mol. The highest BCUT2D eigenvalue weighted by molar-refractivity contribution is 5.54. The summed E-state index contributed by atoms with van der Waals surface area (Å²) in [5.41, 5.74) is -5.76. The predicted octanol–water partition coefficient (Wildman–Crippen LogP) is 8.81. The van der Waals surface area contributed by atoms with Gasteiger partial charge in [0.15, 0.2) is 17.5 Å². The number of anilines is 1. The standard InChI is InChI=1S/C20H21F14N/c1-3-5-6-7-8-16(24,25)18(28,29)20(33,34)35(9-4-2)12-10-11(21)14(22)13(15(12)23)17(26,27)19(30,31)32/h10H,3-9H2,1-2H3. The molecular formula is C20H21F14N. The van der Waals surface area contributed by atoms with Crippen molar-refractivity contribution in [2.75, 3.05) is 11.4 Å². The molecule has 35 heavy (non-hydrogen) atoms. The van der Waals surface area contributed by atoms with Gasteiger partial charge in [-0.1, -0.05) is 33.1 Å². The minimum Gasteiger partial charge on any atom is -0.305 e. The van der Waals surface area contributed by atoms with Crippen LogP contribution in [-0.4, -0.2) is 30.6 Å². The molecule has 0 unspecified atom stereocenters. The second kappa shape index (κ2) is 10.6. The molecule has 0 aromatic heterocycles. The molecule has 1 rings (SSSR count). The zero-order valence-electron chi connectivity index (χ0n) is 18.3. The monoisotopic (exact) mass is 541 g/mol. The van der Waals surface area contributed by atoms with Crippen molar-refractivity contribution in [2.24, 2.45) is 0 Å². The first-order chi connectivity index (χ1) is 15.7. The van der Waals surface area contributed by atoms with Crippen LogP contribution in [0.15, 0.2) is 6.07 Å². The summed E-state index contributed by atoms with van der Waals surface area (Å²) in [6, 6.07) is -6.81. The summed E-state index contributed by atoms with van der Waals surface area (Å²) in [6.45, 7) is 1.05. The van der Waals surface area contributed by atoms with Gasteiger partial charge in [0.2, 0.25) is 0 Å². The first kappa shape index (κ1) is 31.1. The molecule has 0 radical (unpaired) electrons. The molecule has 0 heterocycles. The summed E-state index contributed by atoms with van der Waals surface area (Å²) in [7, 11) is 0. The fraction of sp³-hybridized carbons (Fsp3) is 0.700. The minimum absolute atomic E-state index is 0.0416. The fourth-order valence-corrected chi connectivity index (χ4v) is 3.16. The van der Waals surface area contributed by atoms with Gasteiger partial charge in [0, 0.05) is 19.0 Å². The Labute approximate surface area is 191 Å². The van der Waals surface area contributed by atoms with Crippen LogP contribution < -0.4 is 4.90 Å². The first-order valence-corrected chi connectivity index (χ1v) is 10.3. The highest BCUT2D eigenvalue weighted by atomic mass is 19.4. The Kier molecular flexibility index (Phi) is 9.38. The van der Waals surface area contributed by atoms with Gasteiger partial charge in [-0.25, -0.2) is 13.2 Å². The lowest BCUT2D eigenvalue weighted by molar-refractivity contribution is -0.310. The number of hydrogen-bond donors (Lipinski definition) is 0. The molecule has 0 amide bonds. The Morgan fingerprint density at radius 1 is 0.714 bits per heavy atom. The topological polar surface area (TPSA) is 3.24 Å². The fourth-order valence-electron chi connectivity index (χ4n) is 3.16. The number of halogens is 14. The van der Waals surface area contributed by atoms with Crippen LogP contribution in [0.25, 0.3) is 0 Å². The van der Waals surface area contributed by atoms with E-state index in [1.54, 1.807) is 6.92 Å². The quantitative estimate of drug-likeness (QED) is 0.111. The molecule has 0 bridgehead atoms. The van der Waals surface area contributed by atoms with Crippen LogP contribution in [-0.2, 0) is 5.92 Å². The van der Waals surface area contributed by atoms with Crippen LogP contribution in [0, 0.1) is 17.5 Å². The molecule has 0 spiro atoms. The van der Waals surface area contributed by atoms with Crippen LogP contribution in [0.1, 0.15) is 57.9 Å². The van der Waals surface area contributed by atoms with Crippen molar-refractivity contribution < 1.29 is 61.5 Å². The molecule has 15 heteroatoms. The molecule has 0 aliphatic heterocycles. The maximum absolute atomic E-state index is 14.8. The van der Waals surface area contributed by atoms with Crippen LogP contribution >= 0.6 is 0 Å². The van der Waals surface area contributed by atoms with E-state index in [9.17, 15) is 61.5 Å². The van der Waals surface area contributed by atoms with E-state index >= 15 is 0 Å². The summed E-state index contributed by atoms with van der Waals surface area (Å²) in [6.07, 6.45) is -9.13. The lowest BCUT2D eigenvalue weighted by Crippen LogP contribution is -2.63. The number of alkyl halides is 11. The van der Waals surface area contributed by atoms with E-state index in [0.29, 0.717) is 12.8 Å². The SMILES string of the molecule is CCCCCCC(F)(F)C(F)(F)C(F)(F)N(CCC)c1cc(F)c(F)c(C(F)(F)C(F)(F)F)c1F. The number of nitrogens with zero attached hydrogens (tertiary/aromatic N) is 1. The highest BCUT2D eigenvalue weighted by Crippen LogP contribution is 2.53. The van der Waals surface area contributed by atoms with Crippen molar-refractivity contribution in [2.45, 2.75) is 82.4 Å². The van der Waals surface area contributed by atoms with Gasteiger partial charge in [-0.2, -0.15) is 48.3 Å². The maximum atomic E-state index is 14.8. The second-order valence-corrected chi connectivity index (χ2v) is 7.74. The van der Waals surface area contributed by atoms with Crippen molar-refractivity contribution in [3.63, 3.8) is 0 Å². The van der Waals surface area contributed by atoms with E-state index in [4.69, 9.17) is 0 Å². The molecule has 0 aliphatic rings. The number of rotatable bonds is 12. The number of hydrogen-bond acceptors (Lipinski definition) is 1. The van der Waals surface area contributed by atoms with Crippen molar-refractivity contribution in [1.29, 1.82) is 0 Å². The van der Waals surface area contributed by atoms with Gasteiger partial charge in [0.05, 0.1) is 5.69 Å². The molecule has 0 aliphatic carbocycles. The van der Waals surface area contributed by atoms with Crippen LogP contribution in [0.4, 0.5) is 67.2 Å². The number of unbranched alkanes of at least 4 members (excludes halogenated alkanes) is 3. The lowest BCUT2D eigenvalue weighted by Gasteiger charge is -2.40. The average Bonchev–Trinajstić information content (AvgIpc) is 2.71. The Balaban J connectivity index is 3.73. The van der Waals surface area contributed by atoms with Gasteiger partial charge in [-0.15, -0.1) is 0 Å². The number of benzene rings is 1. The van der Waals surface area contributed by atoms with Crippen molar-refractivity contribution >= 4 is 5.69 Å². The third-order valence-electron chi connectivity index (χ3n) is 5.07. The summed E-state index contributed by atoms with van der Waals surface area (Å²) in [5.74, 6) is -27.3. The zero-order valence-corrected chi connectivity index (χ0v) is 18.3. The van der Waals surface area contributed by atoms with Crippen molar-refractivity contribution in [1.82, 2.24) is 0 Å². The van der Waals surface area contributed by atoms with Gasteiger partial charge in [-0.05, 0) is 12.8 Å². The van der Waals surface area contributed by atoms with Crippen molar-refractivity contribution in [3.8, 4) is 0 Å². The predicted molar refractivity (Wildman–Crippen MR) is 97.5 cm³/mol.